The number of amides is 1. The number of hydrogen-bond donors (Lipinski definition) is 2. The number of ether oxygens (including phenoxy) is 1. The van der Waals surface area contributed by atoms with Gasteiger partial charge in [-0.1, -0.05) is 0 Å². The van der Waals surface area contributed by atoms with Crippen LogP contribution in [0, 0.1) is 0 Å². The number of carbonyl (C=O) groups is 1. The van der Waals surface area contributed by atoms with Crippen molar-refractivity contribution >= 4 is 23.8 Å². The zero-order valence-corrected chi connectivity index (χ0v) is 14.5. The van der Waals surface area contributed by atoms with E-state index in [1.807, 2.05) is 46.4 Å². The molecule has 0 unspecified atom stereocenters. The van der Waals surface area contributed by atoms with Crippen molar-refractivity contribution in [2.24, 2.45) is 10.7 Å². The first kappa shape index (κ1) is 17.9. The highest BCUT2D eigenvalue weighted by molar-refractivity contribution is 7.99. The molecule has 0 aromatic heterocycles. The number of nitrogens with zero attached hydrogens (tertiary/aromatic N) is 2. The fourth-order valence-electron chi connectivity index (χ4n) is 1.79. The van der Waals surface area contributed by atoms with Gasteiger partial charge in [-0.25, -0.2) is 4.79 Å². The summed E-state index contributed by atoms with van der Waals surface area (Å²) in [7, 11) is 0. The summed E-state index contributed by atoms with van der Waals surface area (Å²) >= 11 is 1.93. The van der Waals surface area contributed by atoms with Crippen LogP contribution in [0.3, 0.4) is 0 Å². The minimum atomic E-state index is -0.506. The summed E-state index contributed by atoms with van der Waals surface area (Å²) in [4.78, 5) is 18.3. The molecule has 1 aliphatic rings. The summed E-state index contributed by atoms with van der Waals surface area (Å²) < 4.78 is 5.25. The Kier molecular flexibility index (Phi) is 6.19. The lowest BCUT2D eigenvalue weighted by molar-refractivity contribution is 0.0476. The lowest BCUT2D eigenvalue weighted by Gasteiger charge is -2.30. The lowest BCUT2D eigenvalue weighted by Crippen LogP contribution is -2.49. The molecule has 0 saturated carbocycles. The second kappa shape index (κ2) is 7.24. The standard InChI is InChI=1S/C14H28N4O2S/c1-13(2,3)20-12(19)17-14(4,5)10-16-11(15)18-6-8-21-9-7-18/h6-10H2,1-5H3,(H2,15,16)(H,17,19). The van der Waals surface area contributed by atoms with E-state index in [4.69, 9.17) is 10.5 Å². The highest BCUT2D eigenvalue weighted by Crippen LogP contribution is 2.11. The van der Waals surface area contributed by atoms with Crippen LogP contribution in [0.1, 0.15) is 34.6 Å². The van der Waals surface area contributed by atoms with E-state index in [0.717, 1.165) is 24.6 Å². The first-order valence-corrected chi connectivity index (χ1v) is 8.38. The van der Waals surface area contributed by atoms with E-state index in [-0.39, 0.29) is 0 Å². The Hall–Kier alpha value is -1.11. The van der Waals surface area contributed by atoms with Crippen LogP contribution in [0.4, 0.5) is 4.79 Å². The van der Waals surface area contributed by atoms with E-state index >= 15 is 0 Å². The molecule has 1 fully saturated rings. The van der Waals surface area contributed by atoms with Gasteiger partial charge in [0.05, 0.1) is 12.1 Å². The van der Waals surface area contributed by atoms with Crippen LogP contribution < -0.4 is 11.1 Å². The second-order valence-electron chi connectivity index (χ2n) is 6.78. The fraction of sp³-hybridized carbons (Fsp3) is 0.857. The number of aliphatic imine (C=N–C) groups is 1. The fourth-order valence-corrected chi connectivity index (χ4v) is 2.69. The third kappa shape index (κ3) is 7.45. The van der Waals surface area contributed by atoms with Crippen molar-refractivity contribution in [3.05, 3.63) is 0 Å². The number of nitrogens with two attached hydrogens (primary N) is 1. The van der Waals surface area contributed by atoms with Crippen molar-refractivity contribution in [2.75, 3.05) is 31.1 Å². The molecular formula is C14H28N4O2S. The molecule has 1 aliphatic heterocycles. The van der Waals surface area contributed by atoms with Crippen molar-refractivity contribution in [1.29, 1.82) is 0 Å². The highest BCUT2D eigenvalue weighted by atomic mass is 32.2. The monoisotopic (exact) mass is 316 g/mol. The molecule has 6 nitrogen and oxygen atoms in total. The predicted molar refractivity (Wildman–Crippen MR) is 88.8 cm³/mol. The summed E-state index contributed by atoms with van der Waals surface area (Å²) in [6.45, 7) is 11.6. The Morgan fingerprint density at radius 1 is 1.29 bits per heavy atom. The maximum atomic E-state index is 11.8. The minimum Gasteiger partial charge on any atom is -0.444 e. The molecule has 0 aliphatic carbocycles. The van der Waals surface area contributed by atoms with E-state index in [9.17, 15) is 4.79 Å². The van der Waals surface area contributed by atoms with Crippen LogP contribution in [0.15, 0.2) is 4.99 Å². The van der Waals surface area contributed by atoms with Crippen LogP contribution in [0.2, 0.25) is 0 Å². The molecule has 1 saturated heterocycles. The Balaban J connectivity index is 2.49. The molecule has 7 heteroatoms. The molecule has 0 radical (unpaired) electrons. The SMILES string of the molecule is CC(C)(CN=C(N)N1CCSCC1)NC(=O)OC(C)(C)C. The normalized spacial score (nSPS) is 17.6. The number of nitrogens with one attached hydrogen (secondary N) is 1. The largest absolute Gasteiger partial charge is 0.444 e. The first-order chi connectivity index (χ1) is 9.59. The molecule has 1 rings (SSSR count). The average Bonchev–Trinajstić information content (AvgIpc) is 2.34. The van der Waals surface area contributed by atoms with Crippen LogP contribution in [-0.4, -0.2) is 59.2 Å². The van der Waals surface area contributed by atoms with Crippen LogP contribution >= 0.6 is 11.8 Å². The molecule has 0 bridgehead atoms. The smallest absolute Gasteiger partial charge is 0.408 e. The number of carbonyl (C=O) groups excluding carboxylic acids is 1. The summed E-state index contributed by atoms with van der Waals surface area (Å²) in [5.41, 5.74) is 5.00. The van der Waals surface area contributed by atoms with Gasteiger partial charge < -0.3 is 20.7 Å². The van der Waals surface area contributed by atoms with E-state index in [1.165, 1.54) is 0 Å². The van der Waals surface area contributed by atoms with Crippen LogP contribution in [0.25, 0.3) is 0 Å². The summed E-state index contributed by atoms with van der Waals surface area (Å²) in [6.07, 6.45) is -0.435. The maximum absolute atomic E-state index is 11.8. The Morgan fingerprint density at radius 2 is 1.86 bits per heavy atom. The molecule has 3 N–H and O–H groups in total. The Labute approximate surface area is 131 Å². The van der Waals surface area contributed by atoms with Gasteiger partial charge in [-0.05, 0) is 34.6 Å². The van der Waals surface area contributed by atoms with Gasteiger partial charge in [-0.2, -0.15) is 11.8 Å². The molecule has 0 spiro atoms. The molecule has 0 aromatic rings. The topological polar surface area (TPSA) is 80.0 Å². The van der Waals surface area contributed by atoms with Crippen molar-refractivity contribution in [3.63, 3.8) is 0 Å². The molecule has 21 heavy (non-hydrogen) atoms. The van der Waals surface area contributed by atoms with Gasteiger partial charge in [0.2, 0.25) is 0 Å². The zero-order chi connectivity index (χ0) is 16.1. The number of guanidine groups is 1. The van der Waals surface area contributed by atoms with Crippen molar-refractivity contribution in [1.82, 2.24) is 10.2 Å². The minimum absolute atomic E-state index is 0.418. The Bertz CT molecular complexity index is 385. The number of alkyl carbamates (subject to hydrolysis) is 1. The van der Waals surface area contributed by atoms with Gasteiger partial charge in [0.25, 0.3) is 0 Å². The van der Waals surface area contributed by atoms with Gasteiger partial charge in [-0.15, -0.1) is 0 Å². The van der Waals surface area contributed by atoms with Crippen molar-refractivity contribution in [3.8, 4) is 0 Å². The predicted octanol–water partition coefficient (Wildman–Crippen LogP) is 1.65. The van der Waals surface area contributed by atoms with E-state index in [2.05, 4.69) is 15.2 Å². The molecule has 0 atom stereocenters. The van der Waals surface area contributed by atoms with Gasteiger partial charge in [-0.3, -0.25) is 4.99 Å². The number of rotatable bonds is 3. The molecule has 1 heterocycles. The molecular weight excluding hydrogens is 288 g/mol. The summed E-state index contributed by atoms with van der Waals surface area (Å²) in [6, 6.07) is 0. The van der Waals surface area contributed by atoms with E-state index in [1.54, 1.807) is 0 Å². The van der Waals surface area contributed by atoms with Crippen LogP contribution in [0.5, 0.6) is 0 Å². The summed E-state index contributed by atoms with van der Waals surface area (Å²) in [5, 5.41) is 2.82. The van der Waals surface area contributed by atoms with Crippen molar-refractivity contribution < 1.29 is 9.53 Å². The van der Waals surface area contributed by atoms with Crippen molar-refractivity contribution in [2.45, 2.75) is 45.8 Å². The Morgan fingerprint density at radius 3 is 2.38 bits per heavy atom. The van der Waals surface area contributed by atoms with Gasteiger partial charge in [0, 0.05) is 24.6 Å². The van der Waals surface area contributed by atoms with E-state index in [0.29, 0.717) is 12.5 Å². The zero-order valence-electron chi connectivity index (χ0n) is 13.7. The number of hydrogen-bond acceptors (Lipinski definition) is 4. The second-order valence-corrected chi connectivity index (χ2v) is 8.01. The van der Waals surface area contributed by atoms with Gasteiger partial charge in [0.15, 0.2) is 5.96 Å². The summed E-state index contributed by atoms with van der Waals surface area (Å²) in [5.74, 6) is 2.71. The van der Waals surface area contributed by atoms with Gasteiger partial charge >= 0.3 is 6.09 Å². The molecule has 0 aromatic carbocycles. The highest BCUT2D eigenvalue weighted by Gasteiger charge is 2.24. The molecule has 122 valence electrons. The average molecular weight is 316 g/mol. The molecule has 1 amide bonds. The number of thioether (sulfide) groups is 1. The first-order valence-electron chi connectivity index (χ1n) is 7.23. The maximum Gasteiger partial charge on any atom is 0.408 e. The third-order valence-corrected chi connectivity index (χ3v) is 3.75. The van der Waals surface area contributed by atoms with E-state index < -0.39 is 17.2 Å². The quantitative estimate of drug-likeness (QED) is 0.611. The van der Waals surface area contributed by atoms with Gasteiger partial charge in [0.1, 0.15) is 5.60 Å². The lowest BCUT2D eigenvalue weighted by atomic mass is 10.1. The van der Waals surface area contributed by atoms with Crippen LogP contribution in [-0.2, 0) is 4.74 Å². The third-order valence-electron chi connectivity index (χ3n) is 2.81.